The first-order valence-corrected chi connectivity index (χ1v) is 7.96. The van der Waals surface area contributed by atoms with Crippen molar-refractivity contribution in [1.82, 2.24) is 5.32 Å². The van der Waals surface area contributed by atoms with Crippen LogP contribution in [0.5, 0.6) is 0 Å². The highest BCUT2D eigenvalue weighted by molar-refractivity contribution is 4.73. The fourth-order valence-corrected chi connectivity index (χ4v) is 3.18. The van der Waals surface area contributed by atoms with E-state index in [0.29, 0.717) is 0 Å². The molecule has 1 nitrogen and oxygen atoms in total. The van der Waals surface area contributed by atoms with Crippen molar-refractivity contribution in [2.24, 2.45) is 17.8 Å². The van der Waals surface area contributed by atoms with E-state index in [4.69, 9.17) is 0 Å². The third-order valence-electron chi connectivity index (χ3n) is 4.45. The maximum absolute atomic E-state index is 3.74. The normalized spacial score (nSPS) is 27.0. The zero-order valence-corrected chi connectivity index (χ0v) is 12.3. The van der Waals surface area contributed by atoms with Crippen LogP contribution in [0.4, 0.5) is 0 Å². The summed E-state index contributed by atoms with van der Waals surface area (Å²) in [6.45, 7) is 9.57. The standard InChI is InChI=1S/C16H33N/c1-4-6-9-15(5-2)12-17-13-16-10-7-8-14(3)11-16/h14-17H,4-13H2,1-3H3. The van der Waals surface area contributed by atoms with Crippen molar-refractivity contribution < 1.29 is 0 Å². The van der Waals surface area contributed by atoms with Gasteiger partial charge in [0.15, 0.2) is 0 Å². The highest BCUT2D eigenvalue weighted by atomic mass is 14.9. The summed E-state index contributed by atoms with van der Waals surface area (Å²) >= 11 is 0. The average molecular weight is 239 g/mol. The topological polar surface area (TPSA) is 12.0 Å². The number of hydrogen-bond acceptors (Lipinski definition) is 1. The van der Waals surface area contributed by atoms with Crippen LogP contribution in [0.2, 0.25) is 0 Å². The summed E-state index contributed by atoms with van der Waals surface area (Å²) < 4.78 is 0. The highest BCUT2D eigenvalue weighted by Gasteiger charge is 2.18. The van der Waals surface area contributed by atoms with Gasteiger partial charge in [0.25, 0.3) is 0 Å². The molecule has 1 N–H and O–H groups in total. The van der Waals surface area contributed by atoms with Gasteiger partial charge in [-0.15, -0.1) is 0 Å². The minimum atomic E-state index is 0.913. The fourth-order valence-electron chi connectivity index (χ4n) is 3.18. The lowest BCUT2D eigenvalue weighted by Gasteiger charge is -2.27. The number of nitrogens with one attached hydrogen (secondary N) is 1. The van der Waals surface area contributed by atoms with Crippen LogP contribution in [0, 0.1) is 17.8 Å². The van der Waals surface area contributed by atoms with E-state index >= 15 is 0 Å². The molecule has 0 aromatic carbocycles. The van der Waals surface area contributed by atoms with E-state index in [2.05, 4.69) is 26.1 Å². The summed E-state index contributed by atoms with van der Waals surface area (Å²) in [5, 5.41) is 3.74. The van der Waals surface area contributed by atoms with Gasteiger partial charge in [0.1, 0.15) is 0 Å². The van der Waals surface area contributed by atoms with Gasteiger partial charge in [-0.1, -0.05) is 52.9 Å². The van der Waals surface area contributed by atoms with Gasteiger partial charge in [0.2, 0.25) is 0 Å². The molecular weight excluding hydrogens is 206 g/mol. The van der Waals surface area contributed by atoms with Crippen molar-refractivity contribution in [3.63, 3.8) is 0 Å². The van der Waals surface area contributed by atoms with Gasteiger partial charge in [-0.25, -0.2) is 0 Å². The Morgan fingerprint density at radius 2 is 2.06 bits per heavy atom. The molecule has 0 radical (unpaired) electrons. The number of hydrogen-bond donors (Lipinski definition) is 1. The summed E-state index contributed by atoms with van der Waals surface area (Å²) in [6, 6.07) is 0. The third-order valence-corrected chi connectivity index (χ3v) is 4.45. The quantitative estimate of drug-likeness (QED) is 0.652. The number of unbranched alkanes of at least 4 members (excludes halogenated alkanes) is 1. The largest absolute Gasteiger partial charge is 0.316 e. The Morgan fingerprint density at radius 1 is 1.24 bits per heavy atom. The van der Waals surface area contributed by atoms with Crippen molar-refractivity contribution in [3.05, 3.63) is 0 Å². The zero-order chi connectivity index (χ0) is 12.5. The lowest BCUT2D eigenvalue weighted by Crippen LogP contribution is -2.30. The van der Waals surface area contributed by atoms with Crippen molar-refractivity contribution >= 4 is 0 Å². The number of rotatable bonds is 8. The molecule has 1 saturated carbocycles. The summed E-state index contributed by atoms with van der Waals surface area (Å²) in [5.41, 5.74) is 0. The van der Waals surface area contributed by atoms with Gasteiger partial charge < -0.3 is 5.32 Å². The van der Waals surface area contributed by atoms with E-state index in [1.54, 1.807) is 0 Å². The smallest absolute Gasteiger partial charge is 0.00203 e. The molecule has 1 aliphatic carbocycles. The molecule has 0 amide bonds. The van der Waals surface area contributed by atoms with Crippen LogP contribution < -0.4 is 5.32 Å². The van der Waals surface area contributed by atoms with Crippen LogP contribution >= 0.6 is 0 Å². The lowest BCUT2D eigenvalue weighted by atomic mass is 9.82. The molecule has 0 bridgehead atoms. The Morgan fingerprint density at radius 3 is 2.71 bits per heavy atom. The Bertz CT molecular complexity index is 178. The minimum Gasteiger partial charge on any atom is -0.316 e. The van der Waals surface area contributed by atoms with Crippen molar-refractivity contribution in [1.29, 1.82) is 0 Å². The molecule has 3 atom stereocenters. The maximum Gasteiger partial charge on any atom is -0.00203 e. The predicted molar refractivity (Wildman–Crippen MR) is 77.3 cm³/mol. The second kappa shape index (κ2) is 8.97. The average Bonchev–Trinajstić information content (AvgIpc) is 2.33. The summed E-state index contributed by atoms with van der Waals surface area (Å²) in [6.07, 6.45) is 11.3. The van der Waals surface area contributed by atoms with Crippen molar-refractivity contribution in [3.8, 4) is 0 Å². The van der Waals surface area contributed by atoms with Crippen LogP contribution in [0.3, 0.4) is 0 Å². The van der Waals surface area contributed by atoms with Crippen LogP contribution in [0.25, 0.3) is 0 Å². The molecule has 102 valence electrons. The Hall–Kier alpha value is -0.0400. The van der Waals surface area contributed by atoms with E-state index in [1.807, 2.05) is 0 Å². The molecule has 1 fully saturated rings. The molecular formula is C16H33N. The molecule has 0 heterocycles. The summed E-state index contributed by atoms with van der Waals surface area (Å²) in [7, 11) is 0. The first kappa shape index (κ1) is 15.0. The van der Waals surface area contributed by atoms with E-state index in [9.17, 15) is 0 Å². The molecule has 3 unspecified atom stereocenters. The predicted octanol–water partition coefficient (Wildman–Crippen LogP) is 4.62. The molecule has 1 aliphatic rings. The molecule has 0 saturated heterocycles. The van der Waals surface area contributed by atoms with E-state index in [0.717, 1.165) is 17.8 Å². The summed E-state index contributed by atoms with van der Waals surface area (Å²) in [4.78, 5) is 0. The third kappa shape index (κ3) is 6.45. The fraction of sp³-hybridized carbons (Fsp3) is 1.00. The molecule has 0 aromatic heterocycles. The second-order valence-electron chi connectivity index (χ2n) is 6.21. The first-order chi connectivity index (χ1) is 8.26. The van der Waals surface area contributed by atoms with Gasteiger partial charge in [0, 0.05) is 0 Å². The maximum atomic E-state index is 3.74. The van der Waals surface area contributed by atoms with Gasteiger partial charge in [-0.05, 0) is 50.1 Å². The van der Waals surface area contributed by atoms with Gasteiger partial charge >= 0.3 is 0 Å². The van der Waals surface area contributed by atoms with Crippen molar-refractivity contribution in [2.75, 3.05) is 13.1 Å². The van der Waals surface area contributed by atoms with Gasteiger partial charge in [-0.3, -0.25) is 0 Å². The molecule has 0 aromatic rings. The van der Waals surface area contributed by atoms with Crippen LogP contribution in [0.1, 0.15) is 72.1 Å². The van der Waals surface area contributed by atoms with Crippen LogP contribution in [0.15, 0.2) is 0 Å². The first-order valence-electron chi connectivity index (χ1n) is 7.96. The summed E-state index contributed by atoms with van der Waals surface area (Å²) in [5.74, 6) is 2.84. The van der Waals surface area contributed by atoms with Gasteiger partial charge in [-0.2, -0.15) is 0 Å². The SMILES string of the molecule is CCCCC(CC)CNCC1CCCC(C)C1. The Balaban J connectivity index is 2.08. The highest BCUT2D eigenvalue weighted by Crippen LogP contribution is 2.27. The lowest BCUT2D eigenvalue weighted by molar-refractivity contribution is 0.268. The molecule has 1 heteroatoms. The Kier molecular flexibility index (Phi) is 7.92. The Labute approximate surface area is 109 Å². The van der Waals surface area contributed by atoms with Crippen molar-refractivity contribution in [2.45, 2.75) is 72.1 Å². The van der Waals surface area contributed by atoms with Crippen LogP contribution in [-0.4, -0.2) is 13.1 Å². The van der Waals surface area contributed by atoms with E-state index in [1.165, 1.54) is 64.5 Å². The second-order valence-corrected chi connectivity index (χ2v) is 6.21. The molecule has 0 aliphatic heterocycles. The van der Waals surface area contributed by atoms with Gasteiger partial charge in [0.05, 0.1) is 0 Å². The molecule has 0 spiro atoms. The van der Waals surface area contributed by atoms with Crippen LogP contribution in [-0.2, 0) is 0 Å². The molecule has 1 rings (SSSR count). The monoisotopic (exact) mass is 239 g/mol. The minimum absolute atomic E-state index is 0.913. The molecule has 17 heavy (non-hydrogen) atoms. The van der Waals surface area contributed by atoms with E-state index in [-0.39, 0.29) is 0 Å². The van der Waals surface area contributed by atoms with E-state index < -0.39 is 0 Å². The zero-order valence-electron chi connectivity index (χ0n) is 12.3.